The maximum Gasteiger partial charge on any atom is 0.251 e. The van der Waals surface area contributed by atoms with Crippen molar-refractivity contribution in [1.82, 2.24) is 15.2 Å². The van der Waals surface area contributed by atoms with Crippen LogP contribution in [-0.2, 0) is 0 Å². The summed E-state index contributed by atoms with van der Waals surface area (Å²) in [7, 11) is 0. The van der Waals surface area contributed by atoms with Gasteiger partial charge in [0.25, 0.3) is 5.91 Å². The average molecular weight is 310 g/mol. The highest BCUT2D eigenvalue weighted by Gasteiger charge is 2.21. The number of carbonyl (C=O) groups excluding carboxylic acids is 1. The van der Waals surface area contributed by atoms with E-state index in [4.69, 9.17) is 11.6 Å². The van der Waals surface area contributed by atoms with Crippen LogP contribution in [0.1, 0.15) is 37.0 Å². The van der Waals surface area contributed by atoms with Crippen molar-refractivity contribution in [2.75, 3.05) is 26.2 Å². The van der Waals surface area contributed by atoms with Crippen molar-refractivity contribution < 1.29 is 4.79 Å². The highest BCUT2D eigenvalue weighted by molar-refractivity contribution is 6.29. The fraction of sp³-hybridized carbons (Fsp3) is 0.625. The number of hydrogen-bond acceptors (Lipinski definition) is 3. The predicted molar refractivity (Wildman–Crippen MR) is 85.6 cm³/mol. The molecular weight excluding hydrogens is 286 g/mol. The summed E-state index contributed by atoms with van der Waals surface area (Å²) >= 11 is 5.78. The summed E-state index contributed by atoms with van der Waals surface area (Å²) in [5, 5.41) is 3.28. The number of pyridine rings is 1. The first-order chi connectivity index (χ1) is 10.0. The Morgan fingerprint density at radius 2 is 2.14 bits per heavy atom. The van der Waals surface area contributed by atoms with E-state index in [-0.39, 0.29) is 5.91 Å². The predicted octanol–water partition coefficient (Wildman–Crippen LogP) is 2.83. The minimum absolute atomic E-state index is 0.0836. The van der Waals surface area contributed by atoms with Gasteiger partial charge in [-0.2, -0.15) is 0 Å². The normalized spacial score (nSPS) is 23.0. The van der Waals surface area contributed by atoms with Crippen LogP contribution in [0.5, 0.6) is 0 Å². The number of piperidine rings is 1. The molecule has 1 aromatic heterocycles. The van der Waals surface area contributed by atoms with E-state index in [9.17, 15) is 4.79 Å². The van der Waals surface area contributed by atoms with Gasteiger partial charge in [-0.3, -0.25) is 4.79 Å². The summed E-state index contributed by atoms with van der Waals surface area (Å²) in [6.07, 6.45) is 3.85. The zero-order valence-corrected chi connectivity index (χ0v) is 13.6. The van der Waals surface area contributed by atoms with Crippen LogP contribution in [0.25, 0.3) is 0 Å². The van der Waals surface area contributed by atoms with E-state index in [1.54, 1.807) is 18.3 Å². The van der Waals surface area contributed by atoms with Gasteiger partial charge in [-0.05, 0) is 43.4 Å². The van der Waals surface area contributed by atoms with E-state index in [2.05, 4.69) is 29.0 Å². The first kappa shape index (κ1) is 16.2. The lowest BCUT2D eigenvalue weighted by molar-refractivity contribution is 0.0947. The molecule has 0 saturated carbocycles. The fourth-order valence-electron chi connectivity index (χ4n) is 3.12. The lowest BCUT2D eigenvalue weighted by atomic mass is 9.92. The number of hydrogen-bond donors (Lipinski definition) is 1. The molecule has 1 amide bonds. The Hall–Kier alpha value is -1.13. The molecule has 21 heavy (non-hydrogen) atoms. The van der Waals surface area contributed by atoms with Crippen LogP contribution >= 0.6 is 11.6 Å². The van der Waals surface area contributed by atoms with Crippen molar-refractivity contribution in [3.8, 4) is 0 Å². The topological polar surface area (TPSA) is 45.2 Å². The van der Waals surface area contributed by atoms with E-state index in [1.165, 1.54) is 19.5 Å². The summed E-state index contributed by atoms with van der Waals surface area (Å²) in [4.78, 5) is 18.3. The molecule has 0 aromatic carbocycles. The molecule has 1 N–H and O–H groups in total. The van der Waals surface area contributed by atoms with Gasteiger partial charge in [0, 0.05) is 31.4 Å². The molecule has 2 atom stereocenters. The van der Waals surface area contributed by atoms with Crippen LogP contribution in [0, 0.1) is 11.8 Å². The van der Waals surface area contributed by atoms with Crippen LogP contribution in [0.4, 0.5) is 0 Å². The van der Waals surface area contributed by atoms with Crippen molar-refractivity contribution in [2.24, 2.45) is 11.8 Å². The maximum atomic E-state index is 11.9. The summed E-state index contributed by atoms with van der Waals surface area (Å²) < 4.78 is 0. The molecular formula is C16H24ClN3O. The van der Waals surface area contributed by atoms with Crippen LogP contribution in [0.15, 0.2) is 18.3 Å². The smallest absolute Gasteiger partial charge is 0.251 e. The number of rotatable bonds is 5. The van der Waals surface area contributed by atoms with Gasteiger partial charge < -0.3 is 10.2 Å². The third kappa shape index (κ3) is 5.29. The van der Waals surface area contributed by atoms with E-state index in [0.29, 0.717) is 17.3 Å². The van der Waals surface area contributed by atoms with E-state index in [1.807, 2.05) is 0 Å². The lowest BCUT2D eigenvalue weighted by Gasteiger charge is -2.34. The van der Waals surface area contributed by atoms with Crippen molar-refractivity contribution in [2.45, 2.75) is 26.7 Å². The third-order valence-corrected chi connectivity index (χ3v) is 4.08. The molecule has 2 unspecified atom stereocenters. The monoisotopic (exact) mass is 309 g/mol. The van der Waals surface area contributed by atoms with Crippen molar-refractivity contribution in [3.05, 3.63) is 29.0 Å². The summed E-state index contributed by atoms with van der Waals surface area (Å²) in [5.41, 5.74) is 0.565. The number of nitrogens with one attached hydrogen (secondary N) is 1. The number of amides is 1. The molecule has 1 aliphatic rings. The van der Waals surface area contributed by atoms with Gasteiger partial charge >= 0.3 is 0 Å². The summed E-state index contributed by atoms with van der Waals surface area (Å²) in [6.45, 7) is 8.73. The molecule has 1 aliphatic heterocycles. The number of carbonyl (C=O) groups is 1. The second-order valence-corrected chi connectivity index (χ2v) is 6.57. The SMILES string of the molecule is CC1CC(C)CN(CCCNC(=O)c2ccnc(Cl)c2)C1. The van der Waals surface area contributed by atoms with Gasteiger partial charge in [0.05, 0.1) is 0 Å². The Kier molecular flexibility index (Phi) is 6.00. The molecule has 1 fully saturated rings. The van der Waals surface area contributed by atoms with Crippen LogP contribution in [-0.4, -0.2) is 42.0 Å². The second-order valence-electron chi connectivity index (χ2n) is 6.18. The molecule has 2 heterocycles. The molecule has 116 valence electrons. The van der Waals surface area contributed by atoms with Crippen molar-refractivity contribution in [1.29, 1.82) is 0 Å². The van der Waals surface area contributed by atoms with Gasteiger partial charge in [-0.1, -0.05) is 25.4 Å². The minimum Gasteiger partial charge on any atom is -0.352 e. The Bertz CT molecular complexity index is 470. The first-order valence-corrected chi connectivity index (χ1v) is 8.04. The van der Waals surface area contributed by atoms with Crippen LogP contribution in [0.2, 0.25) is 5.15 Å². The molecule has 1 saturated heterocycles. The molecule has 0 spiro atoms. The Labute approximate surface area is 131 Å². The second kappa shape index (κ2) is 7.76. The lowest BCUT2D eigenvalue weighted by Crippen LogP contribution is -2.40. The molecule has 0 aliphatic carbocycles. The fourth-order valence-corrected chi connectivity index (χ4v) is 3.30. The highest BCUT2D eigenvalue weighted by atomic mass is 35.5. The zero-order chi connectivity index (χ0) is 15.2. The Morgan fingerprint density at radius 1 is 1.43 bits per heavy atom. The van der Waals surface area contributed by atoms with Gasteiger partial charge in [-0.15, -0.1) is 0 Å². The number of likely N-dealkylation sites (tertiary alicyclic amines) is 1. The van der Waals surface area contributed by atoms with Crippen molar-refractivity contribution >= 4 is 17.5 Å². The molecule has 1 aromatic rings. The number of nitrogens with zero attached hydrogens (tertiary/aromatic N) is 2. The summed E-state index contributed by atoms with van der Waals surface area (Å²) in [5.74, 6) is 1.48. The Morgan fingerprint density at radius 3 is 2.81 bits per heavy atom. The average Bonchev–Trinajstić information content (AvgIpc) is 2.42. The highest BCUT2D eigenvalue weighted by Crippen LogP contribution is 2.20. The third-order valence-electron chi connectivity index (χ3n) is 3.87. The largest absolute Gasteiger partial charge is 0.352 e. The molecule has 5 heteroatoms. The molecule has 0 radical (unpaired) electrons. The van der Waals surface area contributed by atoms with Crippen LogP contribution in [0.3, 0.4) is 0 Å². The Balaban J connectivity index is 1.69. The van der Waals surface area contributed by atoms with E-state index >= 15 is 0 Å². The van der Waals surface area contributed by atoms with E-state index < -0.39 is 0 Å². The first-order valence-electron chi connectivity index (χ1n) is 7.66. The number of aromatic nitrogens is 1. The van der Waals surface area contributed by atoms with Gasteiger partial charge in [-0.25, -0.2) is 4.98 Å². The minimum atomic E-state index is -0.0836. The van der Waals surface area contributed by atoms with Gasteiger partial charge in [0.2, 0.25) is 0 Å². The quantitative estimate of drug-likeness (QED) is 0.672. The van der Waals surface area contributed by atoms with Crippen LogP contribution < -0.4 is 5.32 Å². The van der Waals surface area contributed by atoms with Gasteiger partial charge in [0.15, 0.2) is 0 Å². The van der Waals surface area contributed by atoms with Crippen molar-refractivity contribution in [3.63, 3.8) is 0 Å². The molecule has 0 bridgehead atoms. The molecule has 4 nitrogen and oxygen atoms in total. The standard InChI is InChI=1S/C16H24ClN3O/c1-12-8-13(2)11-20(10-12)7-3-5-19-16(21)14-4-6-18-15(17)9-14/h4,6,9,12-13H,3,5,7-8,10-11H2,1-2H3,(H,19,21). The van der Waals surface area contributed by atoms with Gasteiger partial charge in [0.1, 0.15) is 5.15 Å². The van der Waals surface area contributed by atoms with E-state index in [0.717, 1.165) is 24.8 Å². The summed E-state index contributed by atoms with van der Waals surface area (Å²) in [6, 6.07) is 3.26. The molecule has 2 rings (SSSR count). The number of halogens is 1. The maximum absolute atomic E-state index is 11.9. The zero-order valence-electron chi connectivity index (χ0n) is 12.8.